The molecule has 1 aliphatic heterocycles. The lowest BCUT2D eigenvalue weighted by Crippen LogP contribution is -2.13. The third-order valence-corrected chi connectivity index (χ3v) is 5.45. The van der Waals surface area contributed by atoms with E-state index in [0.717, 1.165) is 35.6 Å². The SMILES string of the molecule is COc1ccc(C(CC2=NOC(=O)C2)c2ccccc2)cc1OC1CCCC1. The summed E-state index contributed by atoms with van der Waals surface area (Å²) in [7, 11) is 1.67. The van der Waals surface area contributed by atoms with Crippen LogP contribution in [0.4, 0.5) is 0 Å². The summed E-state index contributed by atoms with van der Waals surface area (Å²) < 4.78 is 11.8. The molecule has 1 heterocycles. The van der Waals surface area contributed by atoms with Crippen LogP contribution in [0.15, 0.2) is 53.7 Å². The van der Waals surface area contributed by atoms with Crippen molar-refractivity contribution in [3.8, 4) is 11.5 Å². The molecule has 1 atom stereocenters. The molecule has 0 saturated heterocycles. The fourth-order valence-electron chi connectivity index (χ4n) is 3.99. The van der Waals surface area contributed by atoms with Crippen LogP contribution in [-0.4, -0.2) is 24.9 Å². The number of carbonyl (C=O) groups excluding carboxylic acids is 1. The van der Waals surface area contributed by atoms with Gasteiger partial charge in [0.05, 0.1) is 25.3 Å². The topological polar surface area (TPSA) is 57.1 Å². The van der Waals surface area contributed by atoms with E-state index in [9.17, 15) is 4.79 Å². The van der Waals surface area contributed by atoms with Gasteiger partial charge in [0.2, 0.25) is 0 Å². The monoisotopic (exact) mass is 379 g/mol. The molecule has 0 radical (unpaired) electrons. The Bertz CT molecular complexity index is 856. The normalized spacial score (nSPS) is 17.9. The molecule has 0 bridgehead atoms. The average molecular weight is 379 g/mol. The summed E-state index contributed by atoms with van der Waals surface area (Å²) >= 11 is 0. The molecule has 1 saturated carbocycles. The standard InChI is InChI=1S/C23H25NO4/c1-26-21-12-11-17(13-22(21)27-19-9-5-6-10-19)20(16-7-3-2-4-8-16)14-18-15-23(25)28-24-18/h2-4,7-8,11-13,19-20H,5-6,9-10,14-15H2,1H3. The maximum absolute atomic E-state index is 11.5. The fraction of sp³-hybridized carbons (Fsp3) is 0.391. The molecule has 146 valence electrons. The minimum atomic E-state index is -0.290. The largest absolute Gasteiger partial charge is 0.493 e. The predicted octanol–water partition coefficient (Wildman–Crippen LogP) is 4.84. The number of ether oxygens (including phenoxy) is 2. The molecule has 5 heteroatoms. The number of carbonyl (C=O) groups is 1. The molecule has 0 N–H and O–H groups in total. The van der Waals surface area contributed by atoms with E-state index < -0.39 is 0 Å². The minimum absolute atomic E-state index is 0.0614. The van der Waals surface area contributed by atoms with Gasteiger partial charge in [0.1, 0.15) is 0 Å². The van der Waals surface area contributed by atoms with Crippen LogP contribution in [0.2, 0.25) is 0 Å². The highest BCUT2D eigenvalue weighted by Crippen LogP contribution is 2.37. The Morgan fingerprint density at radius 3 is 2.54 bits per heavy atom. The van der Waals surface area contributed by atoms with Crippen molar-refractivity contribution >= 4 is 11.7 Å². The van der Waals surface area contributed by atoms with Crippen molar-refractivity contribution < 1.29 is 19.1 Å². The summed E-state index contributed by atoms with van der Waals surface area (Å²) in [6.45, 7) is 0. The Hall–Kier alpha value is -2.82. The summed E-state index contributed by atoms with van der Waals surface area (Å²) in [4.78, 5) is 16.3. The van der Waals surface area contributed by atoms with E-state index >= 15 is 0 Å². The van der Waals surface area contributed by atoms with Gasteiger partial charge in [-0.25, -0.2) is 4.79 Å². The van der Waals surface area contributed by atoms with Crippen molar-refractivity contribution in [2.45, 2.75) is 50.5 Å². The summed E-state index contributed by atoms with van der Waals surface area (Å²) in [6.07, 6.45) is 5.75. The van der Waals surface area contributed by atoms with Gasteiger partial charge in [-0.2, -0.15) is 0 Å². The molecule has 28 heavy (non-hydrogen) atoms. The molecule has 1 fully saturated rings. The second kappa shape index (κ2) is 8.46. The van der Waals surface area contributed by atoms with Gasteiger partial charge < -0.3 is 14.3 Å². The highest BCUT2D eigenvalue weighted by molar-refractivity contribution is 6.02. The van der Waals surface area contributed by atoms with Crippen molar-refractivity contribution in [1.82, 2.24) is 0 Å². The second-order valence-electron chi connectivity index (χ2n) is 7.40. The summed E-state index contributed by atoms with van der Waals surface area (Å²) in [6, 6.07) is 16.4. The van der Waals surface area contributed by atoms with Crippen LogP contribution in [-0.2, 0) is 9.63 Å². The first-order valence-electron chi connectivity index (χ1n) is 9.88. The van der Waals surface area contributed by atoms with Gasteiger partial charge in [-0.3, -0.25) is 0 Å². The van der Waals surface area contributed by atoms with E-state index in [1.54, 1.807) is 7.11 Å². The smallest absolute Gasteiger partial charge is 0.340 e. The molecular weight excluding hydrogens is 354 g/mol. The maximum Gasteiger partial charge on any atom is 0.340 e. The zero-order chi connectivity index (χ0) is 19.3. The second-order valence-corrected chi connectivity index (χ2v) is 7.40. The molecule has 0 amide bonds. The fourth-order valence-corrected chi connectivity index (χ4v) is 3.99. The minimum Gasteiger partial charge on any atom is -0.493 e. The number of methoxy groups -OCH3 is 1. The predicted molar refractivity (Wildman–Crippen MR) is 107 cm³/mol. The lowest BCUT2D eigenvalue weighted by atomic mass is 9.86. The summed E-state index contributed by atoms with van der Waals surface area (Å²) in [5.74, 6) is 1.31. The van der Waals surface area contributed by atoms with Crippen molar-refractivity contribution in [3.05, 3.63) is 59.7 Å². The number of nitrogens with zero attached hydrogens (tertiary/aromatic N) is 1. The van der Waals surface area contributed by atoms with Crippen molar-refractivity contribution in [2.24, 2.45) is 5.16 Å². The lowest BCUT2D eigenvalue weighted by molar-refractivity contribution is -0.140. The van der Waals surface area contributed by atoms with E-state index in [1.807, 2.05) is 24.3 Å². The quantitative estimate of drug-likeness (QED) is 0.646. The van der Waals surface area contributed by atoms with Gasteiger partial charge in [0.15, 0.2) is 11.5 Å². The van der Waals surface area contributed by atoms with E-state index in [4.69, 9.17) is 14.3 Å². The van der Waals surface area contributed by atoms with Crippen LogP contribution in [0.5, 0.6) is 11.5 Å². The molecule has 0 spiro atoms. The Morgan fingerprint density at radius 2 is 1.86 bits per heavy atom. The van der Waals surface area contributed by atoms with Crippen molar-refractivity contribution in [3.63, 3.8) is 0 Å². The van der Waals surface area contributed by atoms with Crippen LogP contribution < -0.4 is 9.47 Å². The molecule has 2 aromatic carbocycles. The zero-order valence-corrected chi connectivity index (χ0v) is 16.1. The Balaban J connectivity index is 1.65. The number of hydrogen-bond donors (Lipinski definition) is 0. The summed E-state index contributed by atoms with van der Waals surface area (Å²) in [5.41, 5.74) is 3.05. The molecule has 2 aliphatic rings. The Kier molecular flexibility index (Phi) is 5.60. The first-order valence-corrected chi connectivity index (χ1v) is 9.88. The van der Waals surface area contributed by atoms with Crippen molar-refractivity contribution in [1.29, 1.82) is 0 Å². The molecule has 0 aromatic heterocycles. The van der Waals surface area contributed by atoms with E-state index in [0.29, 0.717) is 6.42 Å². The third kappa shape index (κ3) is 4.19. The maximum atomic E-state index is 11.5. The van der Waals surface area contributed by atoms with E-state index in [-0.39, 0.29) is 24.4 Å². The highest BCUT2D eigenvalue weighted by Gasteiger charge is 2.25. The third-order valence-electron chi connectivity index (χ3n) is 5.45. The van der Waals surface area contributed by atoms with Crippen LogP contribution in [0.3, 0.4) is 0 Å². The Morgan fingerprint density at radius 1 is 1.07 bits per heavy atom. The van der Waals surface area contributed by atoms with Gasteiger partial charge in [-0.15, -0.1) is 0 Å². The molecule has 1 aliphatic carbocycles. The van der Waals surface area contributed by atoms with Crippen LogP contribution in [0.25, 0.3) is 0 Å². The molecule has 1 unspecified atom stereocenters. The Labute approximate surface area is 165 Å². The van der Waals surface area contributed by atoms with Gasteiger partial charge in [0, 0.05) is 12.3 Å². The zero-order valence-electron chi connectivity index (χ0n) is 16.1. The number of rotatable bonds is 7. The van der Waals surface area contributed by atoms with Gasteiger partial charge >= 0.3 is 5.97 Å². The average Bonchev–Trinajstić information content (AvgIpc) is 3.38. The number of oxime groups is 1. The van der Waals surface area contributed by atoms with Gasteiger partial charge in [-0.1, -0.05) is 41.6 Å². The van der Waals surface area contributed by atoms with Crippen LogP contribution in [0, 0.1) is 0 Å². The number of hydrogen-bond acceptors (Lipinski definition) is 5. The van der Waals surface area contributed by atoms with Crippen LogP contribution in [0.1, 0.15) is 55.6 Å². The van der Waals surface area contributed by atoms with Gasteiger partial charge in [0.25, 0.3) is 0 Å². The first-order chi connectivity index (χ1) is 13.7. The highest BCUT2D eigenvalue weighted by atomic mass is 16.7. The molecule has 2 aromatic rings. The van der Waals surface area contributed by atoms with Crippen molar-refractivity contribution in [2.75, 3.05) is 7.11 Å². The molecule has 4 rings (SSSR count). The molecule has 5 nitrogen and oxygen atoms in total. The molecular formula is C23H25NO4. The van der Waals surface area contributed by atoms with Gasteiger partial charge in [-0.05, 0) is 48.9 Å². The van der Waals surface area contributed by atoms with E-state index in [2.05, 4.69) is 29.4 Å². The first kappa shape index (κ1) is 18.5. The van der Waals surface area contributed by atoms with Crippen LogP contribution >= 0.6 is 0 Å². The summed E-state index contributed by atoms with van der Waals surface area (Å²) in [5, 5.41) is 3.96. The van der Waals surface area contributed by atoms with E-state index in [1.165, 1.54) is 18.4 Å². The lowest BCUT2D eigenvalue weighted by Gasteiger charge is -2.21. The number of benzene rings is 2.